The molecule has 0 aromatic heterocycles. The van der Waals surface area contributed by atoms with Gasteiger partial charge in [0.05, 0.1) is 5.56 Å². The van der Waals surface area contributed by atoms with Crippen molar-refractivity contribution in [2.24, 2.45) is 0 Å². The molecule has 1 aliphatic carbocycles. The van der Waals surface area contributed by atoms with Crippen molar-refractivity contribution in [2.75, 3.05) is 13.2 Å². The second kappa shape index (κ2) is 10.5. The number of fused-ring (bicyclic) bond motifs is 3. The van der Waals surface area contributed by atoms with E-state index in [0.717, 1.165) is 22.3 Å². The lowest BCUT2D eigenvalue weighted by Gasteiger charge is -2.21. The Morgan fingerprint density at radius 1 is 0.917 bits per heavy atom. The molecule has 0 spiro atoms. The van der Waals surface area contributed by atoms with Crippen LogP contribution in [0.1, 0.15) is 59.8 Å². The molecule has 0 bridgehead atoms. The summed E-state index contributed by atoms with van der Waals surface area (Å²) in [6.45, 7) is 5.22. The quantitative estimate of drug-likeness (QED) is 0.420. The fraction of sp³-hybridized carbons (Fsp3) is 0.310. The summed E-state index contributed by atoms with van der Waals surface area (Å²) in [7, 11) is 0. The molecule has 0 radical (unpaired) electrons. The maximum atomic E-state index is 12.4. The molecule has 7 nitrogen and oxygen atoms in total. The minimum atomic E-state index is -1.32. The van der Waals surface area contributed by atoms with E-state index in [0.29, 0.717) is 5.56 Å². The van der Waals surface area contributed by atoms with Crippen LogP contribution in [-0.2, 0) is 9.47 Å². The summed E-state index contributed by atoms with van der Waals surface area (Å²) >= 11 is 0. The predicted octanol–water partition coefficient (Wildman–Crippen LogP) is 4.57. The molecule has 3 aromatic carbocycles. The number of hydrogen-bond donors (Lipinski definition) is 3. The molecule has 36 heavy (non-hydrogen) atoms. The summed E-state index contributed by atoms with van der Waals surface area (Å²) in [5.41, 5.74) is 4.42. The molecule has 0 saturated heterocycles. The molecule has 2 unspecified atom stereocenters. The third-order valence-electron chi connectivity index (χ3n) is 6.03. The Labute approximate surface area is 210 Å². The number of hydrogen-bond acceptors (Lipinski definition) is 6. The van der Waals surface area contributed by atoms with Crippen molar-refractivity contribution in [2.45, 2.75) is 44.5 Å². The number of ether oxygens (including phenoxy) is 2. The third kappa shape index (κ3) is 5.75. The van der Waals surface area contributed by atoms with E-state index in [1.807, 2.05) is 36.4 Å². The highest BCUT2D eigenvalue weighted by atomic mass is 16.6. The van der Waals surface area contributed by atoms with Crippen LogP contribution in [-0.4, -0.2) is 47.1 Å². The predicted molar refractivity (Wildman–Crippen MR) is 136 cm³/mol. The van der Waals surface area contributed by atoms with E-state index in [4.69, 9.17) is 9.47 Å². The Bertz CT molecular complexity index is 1200. The monoisotopic (exact) mass is 489 g/mol. The minimum Gasteiger partial charge on any atom is -0.456 e. The van der Waals surface area contributed by atoms with Gasteiger partial charge in [-0.15, -0.1) is 0 Å². The number of aliphatic hydroxyl groups is 2. The van der Waals surface area contributed by atoms with E-state index in [1.54, 1.807) is 39.0 Å². The topological polar surface area (TPSA) is 105 Å². The van der Waals surface area contributed by atoms with Crippen molar-refractivity contribution in [3.05, 3.63) is 95.1 Å². The second-order valence-corrected chi connectivity index (χ2v) is 9.85. The number of rotatable bonds is 7. The van der Waals surface area contributed by atoms with Gasteiger partial charge < -0.3 is 25.0 Å². The van der Waals surface area contributed by atoms with Crippen LogP contribution in [0.3, 0.4) is 0 Å². The summed E-state index contributed by atoms with van der Waals surface area (Å²) in [5.74, 6) is -0.600. The normalized spacial score (nSPS) is 14.4. The fourth-order valence-corrected chi connectivity index (χ4v) is 4.36. The van der Waals surface area contributed by atoms with Crippen LogP contribution in [0.2, 0.25) is 0 Å². The van der Waals surface area contributed by atoms with E-state index in [9.17, 15) is 19.8 Å². The minimum absolute atomic E-state index is 0.0748. The van der Waals surface area contributed by atoms with Crippen LogP contribution in [0.4, 0.5) is 4.79 Å². The summed E-state index contributed by atoms with van der Waals surface area (Å²) in [6.07, 6.45) is -3.31. The van der Waals surface area contributed by atoms with Gasteiger partial charge in [-0.05, 0) is 60.7 Å². The molecular formula is C29H31NO6. The Balaban J connectivity index is 1.32. The maximum Gasteiger partial charge on any atom is 0.407 e. The van der Waals surface area contributed by atoms with E-state index in [1.165, 1.54) is 6.07 Å². The van der Waals surface area contributed by atoms with E-state index >= 15 is 0 Å². The molecule has 3 aromatic rings. The lowest BCUT2D eigenvalue weighted by atomic mass is 9.98. The van der Waals surface area contributed by atoms with Gasteiger partial charge in [-0.25, -0.2) is 9.59 Å². The Hall–Kier alpha value is -3.68. The van der Waals surface area contributed by atoms with Gasteiger partial charge in [0.25, 0.3) is 0 Å². The summed E-state index contributed by atoms with van der Waals surface area (Å²) in [6, 6.07) is 22.3. The van der Waals surface area contributed by atoms with Gasteiger partial charge in [-0.2, -0.15) is 0 Å². The van der Waals surface area contributed by atoms with Crippen molar-refractivity contribution in [1.29, 1.82) is 0 Å². The Kier molecular flexibility index (Phi) is 7.43. The lowest BCUT2D eigenvalue weighted by molar-refractivity contribution is 0.00662. The van der Waals surface area contributed by atoms with Crippen LogP contribution >= 0.6 is 0 Å². The standard InChI is InChI=1S/C29H31NO6/c1-29(2,3)36-27(33)19-10-8-9-18(15-19)26(32)25(31)16-30-28(34)35-17-24-22-13-6-4-11-20(22)21-12-5-7-14-23(21)24/h4-15,24-26,31-32H,16-17H2,1-3H3,(H,30,34). The number of amides is 1. The highest BCUT2D eigenvalue weighted by Gasteiger charge is 2.29. The first-order chi connectivity index (χ1) is 17.1. The van der Waals surface area contributed by atoms with Crippen LogP contribution in [0.25, 0.3) is 11.1 Å². The highest BCUT2D eigenvalue weighted by molar-refractivity contribution is 5.89. The SMILES string of the molecule is CC(C)(C)OC(=O)c1cccc(C(O)C(O)CNC(=O)OCC2c3ccccc3-c3ccccc32)c1. The highest BCUT2D eigenvalue weighted by Crippen LogP contribution is 2.44. The summed E-state index contributed by atoms with van der Waals surface area (Å²) in [5, 5.41) is 23.5. The number of carbonyl (C=O) groups is 2. The number of nitrogens with one attached hydrogen (secondary N) is 1. The molecule has 188 valence electrons. The lowest BCUT2D eigenvalue weighted by Crippen LogP contribution is -2.36. The first kappa shape index (κ1) is 25.4. The van der Waals surface area contributed by atoms with Crippen molar-refractivity contribution in [3.8, 4) is 11.1 Å². The zero-order valence-corrected chi connectivity index (χ0v) is 20.6. The molecule has 0 saturated carbocycles. The van der Waals surface area contributed by atoms with Crippen LogP contribution in [0.15, 0.2) is 72.8 Å². The van der Waals surface area contributed by atoms with E-state index in [-0.39, 0.29) is 24.6 Å². The van der Waals surface area contributed by atoms with Gasteiger partial charge >= 0.3 is 12.1 Å². The van der Waals surface area contributed by atoms with Crippen molar-refractivity contribution >= 4 is 12.1 Å². The van der Waals surface area contributed by atoms with Gasteiger partial charge in [0, 0.05) is 12.5 Å². The van der Waals surface area contributed by atoms with Crippen molar-refractivity contribution in [1.82, 2.24) is 5.32 Å². The number of benzene rings is 3. The van der Waals surface area contributed by atoms with E-state index < -0.39 is 29.9 Å². The molecule has 3 N–H and O–H groups in total. The largest absolute Gasteiger partial charge is 0.456 e. The van der Waals surface area contributed by atoms with Gasteiger partial charge in [-0.1, -0.05) is 60.7 Å². The average Bonchev–Trinajstić information content (AvgIpc) is 3.18. The first-order valence-corrected chi connectivity index (χ1v) is 11.9. The van der Waals surface area contributed by atoms with Gasteiger partial charge in [-0.3, -0.25) is 0 Å². The third-order valence-corrected chi connectivity index (χ3v) is 6.03. The molecule has 4 rings (SSSR count). The zero-order valence-electron chi connectivity index (χ0n) is 20.6. The van der Waals surface area contributed by atoms with Crippen molar-refractivity contribution < 1.29 is 29.3 Å². The first-order valence-electron chi connectivity index (χ1n) is 11.9. The van der Waals surface area contributed by atoms with Crippen LogP contribution in [0, 0.1) is 0 Å². The molecule has 0 aliphatic heterocycles. The molecular weight excluding hydrogens is 458 g/mol. The molecule has 7 heteroatoms. The average molecular weight is 490 g/mol. The van der Waals surface area contributed by atoms with Crippen LogP contribution in [0.5, 0.6) is 0 Å². The molecule has 0 fully saturated rings. The van der Waals surface area contributed by atoms with Crippen molar-refractivity contribution in [3.63, 3.8) is 0 Å². The van der Waals surface area contributed by atoms with Gasteiger partial charge in [0.1, 0.15) is 24.4 Å². The summed E-state index contributed by atoms with van der Waals surface area (Å²) in [4.78, 5) is 24.7. The fourth-order valence-electron chi connectivity index (χ4n) is 4.36. The molecule has 2 atom stereocenters. The Morgan fingerprint density at radius 2 is 1.53 bits per heavy atom. The molecule has 1 aliphatic rings. The second-order valence-electron chi connectivity index (χ2n) is 9.85. The number of esters is 1. The van der Waals surface area contributed by atoms with Gasteiger partial charge in [0.15, 0.2) is 0 Å². The smallest absolute Gasteiger partial charge is 0.407 e. The molecule has 0 heterocycles. The maximum absolute atomic E-state index is 12.4. The number of aliphatic hydroxyl groups excluding tert-OH is 2. The van der Waals surface area contributed by atoms with E-state index in [2.05, 4.69) is 17.4 Å². The summed E-state index contributed by atoms with van der Waals surface area (Å²) < 4.78 is 10.8. The Morgan fingerprint density at radius 3 is 2.14 bits per heavy atom. The molecule has 1 amide bonds. The van der Waals surface area contributed by atoms with Gasteiger partial charge in [0.2, 0.25) is 0 Å². The number of carbonyl (C=O) groups excluding carboxylic acids is 2. The zero-order chi connectivity index (χ0) is 25.9. The number of alkyl carbamates (subject to hydrolysis) is 1. The van der Waals surface area contributed by atoms with Crippen LogP contribution < -0.4 is 5.32 Å².